The molecular formula is C37H46N4O8S. The molecule has 6 rings (SSSR count). The Balaban J connectivity index is 1.26. The molecule has 12 nitrogen and oxygen atoms in total. The number of hydrogen-bond acceptors (Lipinski definition) is 9. The SMILES string of the molecule is COc1cccc(-c2csc(C(=O)N3C[C@H]4CN5C(=O)[C@H](CC(=O)OC(C)(C)C)CCCCC/C=C\[C@@H]6C[C@@]6(C(=O)O)NC(=O)[C@@H]5[C@H]4C3)n2)c1. The number of hydrogen-bond donors (Lipinski definition) is 2. The number of carboxylic acids is 1. The zero-order valence-electron chi connectivity index (χ0n) is 29.1. The van der Waals surface area contributed by atoms with Crippen LogP contribution in [0.3, 0.4) is 0 Å². The van der Waals surface area contributed by atoms with E-state index in [-0.39, 0.29) is 49.6 Å². The van der Waals surface area contributed by atoms with Crippen molar-refractivity contribution >= 4 is 41.0 Å². The molecule has 2 N–H and O–H groups in total. The molecule has 4 heterocycles. The molecule has 0 radical (unpaired) electrons. The third-order valence-corrected chi connectivity index (χ3v) is 11.1. The fraction of sp³-hybridized carbons (Fsp3) is 0.568. The summed E-state index contributed by atoms with van der Waals surface area (Å²) in [5.41, 5.74) is -0.687. The van der Waals surface area contributed by atoms with Crippen molar-refractivity contribution in [3.05, 3.63) is 46.8 Å². The van der Waals surface area contributed by atoms with E-state index in [1.54, 1.807) is 37.7 Å². The highest BCUT2D eigenvalue weighted by Crippen LogP contribution is 2.46. The van der Waals surface area contributed by atoms with Crippen molar-refractivity contribution in [3.63, 3.8) is 0 Å². The number of thiazole rings is 1. The summed E-state index contributed by atoms with van der Waals surface area (Å²) in [6, 6.07) is 6.44. The number of amides is 3. The minimum absolute atomic E-state index is 0.110. The van der Waals surface area contributed by atoms with E-state index >= 15 is 0 Å². The number of carboxylic acid groups (broad SMARTS) is 1. The molecule has 4 aliphatic rings. The van der Waals surface area contributed by atoms with E-state index in [4.69, 9.17) is 9.47 Å². The summed E-state index contributed by atoms with van der Waals surface area (Å²) in [5, 5.41) is 15.2. The van der Waals surface area contributed by atoms with Gasteiger partial charge in [-0.15, -0.1) is 11.3 Å². The van der Waals surface area contributed by atoms with Gasteiger partial charge in [-0.2, -0.15) is 0 Å². The summed E-state index contributed by atoms with van der Waals surface area (Å²) in [5.74, 6) is -3.69. The molecule has 0 unspecified atom stereocenters. The van der Waals surface area contributed by atoms with Crippen LogP contribution in [0, 0.1) is 23.7 Å². The number of carbonyl (C=O) groups excluding carboxylic acids is 4. The highest BCUT2D eigenvalue weighted by molar-refractivity contribution is 7.12. The Hall–Kier alpha value is -4.26. The molecule has 0 spiro atoms. The van der Waals surface area contributed by atoms with Crippen LogP contribution in [0.2, 0.25) is 0 Å². The molecule has 1 aromatic carbocycles. The van der Waals surface area contributed by atoms with Crippen LogP contribution < -0.4 is 10.1 Å². The Morgan fingerprint density at radius 2 is 1.92 bits per heavy atom. The van der Waals surface area contributed by atoms with Crippen molar-refractivity contribution in [3.8, 4) is 17.0 Å². The highest BCUT2D eigenvalue weighted by atomic mass is 32.1. The largest absolute Gasteiger partial charge is 0.497 e. The standard InChI is InChI=1S/C37H46N4O8S/c1-36(2,3)49-29(42)16-23-11-8-6-5-7-9-13-25-17-37(25,35(46)47)39-31(43)30-27-20-40(18-24(27)19-41(30)33(23)44)34(45)32-38-28(21-50-32)22-12-10-14-26(15-22)48-4/h9-10,12-15,21,23-25,27,30H,5-8,11,16-20H2,1-4H3,(H,39,43)(H,46,47)/b13-9-/t23-,24-,25+,27-,30-,37+/m0/s1. The maximum atomic E-state index is 14.4. The van der Waals surface area contributed by atoms with Gasteiger partial charge in [0.15, 0.2) is 5.01 Å². The first kappa shape index (κ1) is 35.6. The molecule has 1 aromatic heterocycles. The second-order valence-corrected chi connectivity index (χ2v) is 15.8. The van der Waals surface area contributed by atoms with Gasteiger partial charge in [-0.1, -0.05) is 37.1 Å². The van der Waals surface area contributed by atoms with E-state index in [1.807, 2.05) is 41.8 Å². The summed E-state index contributed by atoms with van der Waals surface area (Å²) in [6.45, 7) is 6.07. The molecule has 50 heavy (non-hydrogen) atoms. The first-order chi connectivity index (χ1) is 23.8. The normalized spacial score (nSPS) is 29.1. The van der Waals surface area contributed by atoms with Gasteiger partial charge in [-0.3, -0.25) is 19.2 Å². The third-order valence-electron chi connectivity index (χ3n) is 10.3. The van der Waals surface area contributed by atoms with Crippen LogP contribution in [-0.4, -0.2) is 93.5 Å². The Bertz CT molecular complexity index is 1680. The van der Waals surface area contributed by atoms with Gasteiger partial charge in [0.05, 0.1) is 19.2 Å². The number of fused-ring (bicyclic) bond motifs is 4. The number of nitrogens with zero attached hydrogens (tertiary/aromatic N) is 3. The van der Waals surface area contributed by atoms with Gasteiger partial charge in [-0.05, 0) is 58.6 Å². The third kappa shape index (κ3) is 7.42. The van der Waals surface area contributed by atoms with Gasteiger partial charge in [0, 0.05) is 54.2 Å². The van der Waals surface area contributed by atoms with E-state index in [9.17, 15) is 29.1 Å². The molecule has 3 aliphatic heterocycles. The Morgan fingerprint density at radius 1 is 1.12 bits per heavy atom. The zero-order chi connectivity index (χ0) is 35.8. The number of aliphatic carboxylic acids is 1. The zero-order valence-corrected chi connectivity index (χ0v) is 29.9. The number of nitrogens with one attached hydrogen (secondary N) is 1. The van der Waals surface area contributed by atoms with Crippen LogP contribution in [0.25, 0.3) is 11.3 Å². The second kappa shape index (κ2) is 14.2. The summed E-state index contributed by atoms with van der Waals surface area (Å²) in [6.07, 6.45) is 7.67. The van der Waals surface area contributed by atoms with Crippen molar-refractivity contribution in [2.75, 3.05) is 26.7 Å². The van der Waals surface area contributed by atoms with Gasteiger partial charge in [0.25, 0.3) is 5.91 Å². The number of carbonyl (C=O) groups is 5. The molecule has 0 bridgehead atoms. The van der Waals surface area contributed by atoms with Gasteiger partial charge in [0.2, 0.25) is 11.8 Å². The Labute approximate surface area is 296 Å². The fourth-order valence-corrected chi connectivity index (χ4v) is 8.47. The van der Waals surface area contributed by atoms with E-state index in [2.05, 4.69) is 10.3 Å². The lowest BCUT2D eigenvalue weighted by atomic mass is 9.92. The second-order valence-electron chi connectivity index (χ2n) is 15.0. The smallest absolute Gasteiger partial charge is 0.330 e. The maximum absolute atomic E-state index is 14.4. The molecule has 2 aromatic rings. The molecule has 3 amide bonds. The van der Waals surface area contributed by atoms with E-state index in [0.29, 0.717) is 29.4 Å². The lowest BCUT2D eigenvalue weighted by Gasteiger charge is -2.32. The number of likely N-dealkylation sites (tertiary alicyclic amines) is 1. The van der Waals surface area contributed by atoms with Crippen LogP contribution in [0.4, 0.5) is 0 Å². The molecule has 268 valence electrons. The fourth-order valence-electron chi connectivity index (χ4n) is 7.67. The summed E-state index contributed by atoms with van der Waals surface area (Å²) in [4.78, 5) is 75.8. The number of allylic oxidation sites excluding steroid dienone is 1. The van der Waals surface area contributed by atoms with Crippen molar-refractivity contribution in [1.82, 2.24) is 20.1 Å². The van der Waals surface area contributed by atoms with Crippen LogP contribution in [0.1, 0.15) is 75.5 Å². The highest BCUT2D eigenvalue weighted by Gasteiger charge is 2.62. The molecule has 1 saturated carbocycles. The summed E-state index contributed by atoms with van der Waals surface area (Å²) in [7, 11) is 1.59. The number of esters is 1. The van der Waals surface area contributed by atoms with Crippen LogP contribution in [0.5, 0.6) is 5.75 Å². The molecule has 6 atom stereocenters. The predicted octanol–water partition coefficient (Wildman–Crippen LogP) is 4.55. The molecular weight excluding hydrogens is 660 g/mol. The minimum Gasteiger partial charge on any atom is -0.497 e. The first-order valence-electron chi connectivity index (χ1n) is 17.4. The topological polar surface area (TPSA) is 155 Å². The Kier molecular flexibility index (Phi) is 10.1. The van der Waals surface area contributed by atoms with Crippen molar-refractivity contribution in [1.29, 1.82) is 0 Å². The van der Waals surface area contributed by atoms with Crippen LogP contribution in [-0.2, 0) is 23.9 Å². The van der Waals surface area contributed by atoms with Crippen molar-refractivity contribution in [2.24, 2.45) is 23.7 Å². The monoisotopic (exact) mass is 706 g/mol. The van der Waals surface area contributed by atoms with E-state index in [1.165, 1.54) is 11.3 Å². The van der Waals surface area contributed by atoms with Gasteiger partial charge >= 0.3 is 11.9 Å². The predicted molar refractivity (Wildman–Crippen MR) is 185 cm³/mol. The van der Waals surface area contributed by atoms with E-state index < -0.39 is 46.9 Å². The molecule has 3 fully saturated rings. The maximum Gasteiger partial charge on any atom is 0.330 e. The quantitative estimate of drug-likeness (QED) is 0.325. The summed E-state index contributed by atoms with van der Waals surface area (Å²) >= 11 is 1.24. The number of aromatic nitrogens is 1. The van der Waals surface area contributed by atoms with Gasteiger partial charge in [-0.25, -0.2) is 9.78 Å². The average Bonchev–Trinajstić information content (AvgIpc) is 3.40. The number of benzene rings is 1. The van der Waals surface area contributed by atoms with Crippen molar-refractivity contribution in [2.45, 2.75) is 82.9 Å². The molecule has 2 saturated heterocycles. The van der Waals surface area contributed by atoms with Crippen molar-refractivity contribution < 1.29 is 38.6 Å². The number of rotatable bonds is 6. The first-order valence-corrected chi connectivity index (χ1v) is 18.3. The lowest BCUT2D eigenvalue weighted by Crippen LogP contribution is -2.56. The Morgan fingerprint density at radius 3 is 2.66 bits per heavy atom. The minimum atomic E-state index is -1.44. The van der Waals surface area contributed by atoms with Crippen LogP contribution >= 0.6 is 11.3 Å². The van der Waals surface area contributed by atoms with E-state index in [0.717, 1.165) is 31.2 Å². The van der Waals surface area contributed by atoms with Crippen LogP contribution in [0.15, 0.2) is 41.8 Å². The summed E-state index contributed by atoms with van der Waals surface area (Å²) < 4.78 is 10.9. The average molecular weight is 707 g/mol. The molecule has 13 heteroatoms. The lowest BCUT2D eigenvalue weighted by molar-refractivity contribution is -0.159. The van der Waals surface area contributed by atoms with Gasteiger partial charge in [0.1, 0.15) is 22.9 Å². The number of ether oxygens (including phenoxy) is 2. The van der Waals surface area contributed by atoms with Gasteiger partial charge < -0.3 is 29.7 Å². The molecule has 1 aliphatic carbocycles. The number of methoxy groups -OCH3 is 1.